The molecule has 0 radical (unpaired) electrons. The molecule has 1 saturated heterocycles. The molecule has 1 aromatic heterocycles. The van der Waals surface area contributed by atoms with Crippen molar-refractivity contribution in [3.8, 4) is 0 Å². The highest BCUT2D eigenvalue weighted by Gasteiger charge is 2.35. The zero-order valence-electron chi connectivity index (χ0n) is 11.4. The summed E-state index contributed by atoms with van der Waals surface area (Å²) in [5, 5.41) is 0. The van der Waals surface area contributed by atoms with Crippen LogP contribution in [0.5, 0.6) is 0 Å². The maximum atomic E-state index is 12.5. The fraction of sp³-hybridized carbons (Fsp3) is 0.571. The minimum Gasteiger partial charge on any atom is -0.379 e. The Morgan fingerprint density at radius 3 is 2.68 bits per heavy atom. The van der Waals surface area contributed by atoms with Crippen LogP contribution in [-0.4, -0.2) is 47.5 Å². The lowest BCUT2D eigenvalue weighted by atomic mass is 9.92. The molecule has 2 rings (SSSR count). The molecule has 19 heavy (non-hydrogen) atoms. The summed E-state index contributed by atoms with van der Waals surface area (Å²) in [6.07, 6.45) is 2.10. The minimum absolute atomic E-state index is 0.198. The average molecular weight is 327 g/mol. The van der Waals surface area contributed by atoms with Crippen LogP contribution in [-0.2, 0) is 16.0 Å². The Bertz CT molecular complexity index is 439. The van der Waals surface area contributed by atoms with Crippen molar-refractivity contribution in [3.63, 3.8) is 0 Å². The van der Waals surface area contributed by atoms with Crippen LogP contribution in [0.1, 0.15) is 19.5 Å². The second-order valence-corrected chi connectivity index (χ2v) is 6.14. The van der Waals surface area contributed by atoms with Crippen molar-refractivity contribution in [3.05, 3.63) is 28.5 Å². The minimum atomic E-state index is -0.460. The number of halogens is 1. The summed E-state index contributed by atoms with van der Waals surface area (Å²) < 4.78 is 6.26. The molecule has 0 bridgehead atoms. The first-order valence-corrected chi connectivity index (χ1v) is 7.26. The molecule has 1 fully saturated rings. The number of carbonyl (C=O) groups excluding carboxylic acids is 1. The highest BCUT2D eigenvalue weighted by Crippen LogP contribution is 2.19. The summed E-state index contributed by atoms with van der Waals surface area (Å²) in [7, 11) is 0. The Morgan fingerprint density at radius 1 is 1.42 bits per heavy atom. The molecule has 5 heteroatoms. The van der Waals surface area contributed by atoms with E-state index >= 15 is 0 Å². The second kappa shape index (κ2) is 6.11. The predicted molar refractivity (Wildman–Crippen MR) is 77.1 cm³/mol. The third-order valence-electron chi connectivity index (χ3n) is 3.61. The van der Waals surface area contributed by atoms with Gasteiger partial charge in [0.15, 0.2) is 5.78 Å². The Balaban J connectivity index is 2.03. The SMILES string of the molecule is CC(C)(C(=O)Cc1ccc(Br)cn1)N1CCOCC1. The maximum absolute atomic E-state index is 12.5. The summed E-state index contributed by atoms with van der Waals surface area (Å²) in [5.41, 5.74) is 0.355. The lowest BCUT2D eigenvalue weighted by Gasteiger charge is -2.39. The molecule has 4 nitrogen and oxygen atoms in total. The molecule has 0 atom stereocenters. The van der Waals surface area contributed by atoms with Crippen molar-refractivity contribution < 1.29 is 9.53 Å². The van der Waals surface area contributed by atoms with Crippen molar-refractivity contribution in [1.29, 1.82) is 0 Å². The number of aromatic nitrogens is 1. The van der Waals surface area contributed by atoms with Crippen molar-refractivity contribution in [2.75, 3.05) is 26.3 Å². The largest absolute Gasteiger partial charge is 0.379 e. The molecule has 0 saturated carbocycles. The fourth-order valence-corrected chi connectivity index (χ4v) is 2.43. The van der Waals surface area contributed by atoms with E-state index in [0.717, 1.165) is 23.3 Å². The zero-order chi connectivity index (χ0) is 13.9. The number of hydrogen-bond acceptors (Lipinski definition) is 4. The second-order valence-electron chi connectivity index (χ2n) is 5.23. The first-order valence-electron chi connectivity index (χ1n) is 6.46. The van der Waals surface area contributed by atoms with Crippen molar-refractivity contribution >= 4 is 21.7 Å². The number of Topliss-reactive ketones (excluding diaryl/α,β-unsaturated/α-hetero) is 1. The van der Waals surface area contributed by atoms with Crippen molar-refractivity contribution in [1.82, 2.24) is 9.88 Å². The van der Waals surface area contributed by atoms with E-state index in [9.17, 15) is 4.79 Å². The number of rotatable bonds is 4. The van der Waals surface area contributed by atoms with Gasteiger partial charge in [-0.3, -0.25) is 14.7 Å². The highest BCUT2D eigenvalue weighted by molar-refractivity contribution is 9.10. The summed E-state index contributed by atoms with van der Waals surface area (Å²) in [4.78, 5) is 18.9. The number of hydrogen-bond donors (Lipinski definition) is 0. The van der Waals surface area contributed by atoms with Gasteiger partial charge in [0, 0.05) is 29.5 Å². The van der Waals surface area contributed by atoms with Gasteiger partial charge in [0.1, 0.15) is 0 Å². The predicted octanol–water partition coefficient (Wildman–Crippen LogP) is 2.07. The average Bonchev–Trinajstić information content (AvgIpc) is 2.42. The lowest BCUT2D eigenvalue weighted by Crippen LogP contribution is -2.54. The third-order valence-corrected chi connectivity index (χ3v) is 4.08. The fourth-order valence-electron chi connectivity index (χ4n) is 2.19. The number of pyridine rings is 1. The lowest BCUT2D eigenvalue weighted by molar-refractivity contribution is -0.131. The van der Waals surface area contributed by atoms with E-state index in [1.807, 2.05) is 26.0 Å². The molecule has 1 aliphatic heterocycles. The van der Waals surface area contributed by atoms with Gasteiger partial charge in [0.2, 0.25) is 0 Å². The van der Waals surface area contributed by atoms with E-state index in [-0.39, 0.29) is 5.78 Å². The standard InChI is InChI=1S/C14H19BrN2O2/c1-14(2,17-5-7-19-8-6-17)13(18)9-12-4-3-11(15)10-16-12/h3-4,10H,5-9H2,1-2H3. The van der Waals surface area contributed by atoms with E-state index < -0.39 is 5.54 Å². The molecule has 0 spiro atoms. The van der Waals surface area contributed by atoms with Crippen LogP contribution in [0.2, 0.25) is 0 Å². The van der Waals surface area contributed by atoms with Crippen LogP contribution in [0.4, 0.5) is 0 Å². The molecule has 104 valence electrons. The molecule has 1 aromatic rings. The Kier molecular flexibility index (Phi) is 4.71. The van der Waals surface area contributed by atoms with E-state index in [1.54, 1.807) is 6.20 Å². The van der Waals surface area contributed by atoms with Gasteiger partial charge in [0.25, 0.3) is 0 Å². The molecule has 0 aromatic carbocycles. The van der Waals surface area contributed by atoms with Crippen LogP contribution in [0.3, 0.4) is 0 Å². The Morgan fingerprint density at radius 2 is 2.11 bits per heavy atom. The Labute approximate surface area is 122 Å². The molecule has 2 heterocycles. The molecule has 1 aliphatic rings. The molecular weight excluding hydrogens is 308 g/mol. The van der Waals surface area contributed by atoms with Gasteiger partial charge in [0.05, 0.1) is 25.2 Å². The van der Waals surface area contributed by atoms with Gasteiger partial charge in [-0.1, -0.05) is 0 Å². The highest BCUT2D eigenvalue weighted by atomic mass is 79.9. The molecule has 0 N–H and O–H groups in total. The van der Waals surface area contributed by atoms with Crippen LogP contribution in [0, 0.1) is 0 Å². The van der Waals surface area contributed by atoms with Crippen LogP contribution < -0.4 is 0 Å². The number of morpholine rings is 1. The van der Waals surface area contributed by atoms with E-state index in [2.05, 4.69) is 25.8 Å². The molecule has 0 amide bonds. The van der Waals surface area contributed by atoms with Gasteiger partial charge in [-0.15, -0.1) is 0 Å². The third kappa shape index (κ3) is 3.61. The monoisotopic (exact) mass is 326 g/mol. The van der Waals surface area contributed by atoms with E-state index in [1.165, 1.54) is 0 Å². The van der Waals surface area contributed by atoms with Crippen LogP contribution >= 0.6 is 15.9 Å². The summed E-state index contributed by atoms with van der Waals surface area (Å²) in [5.74, 6) is 0.198. The van der Waals surface area contributed by atoms with E-state index in [4.69, 9.17) is 4.74 Å². The molecular formula is C14H19BrN2O2. The number of ether oxygens (including phenoxy) is 1. The summed E-state index contributed by atoms with van der Waals surface area (Å²) >= 11 is 3.34. The number of nitrogens with zero attached hydrogens (tertiary/aromatic N) is 2. The first kappa shape index (κ1) is 14.6. The number of ketones is 1. The van der Waals surface area contributed by atoms with E-state index in [0.29, 0.717) is 19.6 Å². The summed E-state index contributed by atoms with van der Waals surface area (Å²) in [6.45, 7) is 7.00. The zero-order valence-corrected chi connectivity index (χ0v) is 12.9. The van der Waals surface area contributed by atoms with Crippen molar-refractivity contribution in [2.45, 2.75) is 25.8 Å². The number of carbonyl (C=O) groups is 1. The van der Waals surface area contributed by atoms with Crippen LogP contribution in [0.15, 0.2) is 22.8 Å². The van der Waals surface area contributed by atoms with Crippen molar-refractivity contribution in [2.24, 2.45) is 0 Å². The van der Waals surface area contributed by atoms with Gasteiger partial charge in [-0.05, 0) is 41.9 Å². The molecule has 0 unspecified atom stereocenters. The smallest absolute Gasteiger partial charge is 0.158 e. The van der Waals surface area contributed by atoms with Crippen LogP contribution in [0.25, 0.3) is 0 Å². The molecule has 0 aliphatic carbocycles. The maximum Gasteiger partial charge on any atom is 0.158 e. The van der Waals surface area contributed by atoms with Gasteiger partial charge >= 0.3 is 0 Å². The van der Waals surface area contributed by atoms with Gasteiger partial charge < -0.3 is 4.74 Å². The van der Waals surface area contributed by atoms with Gasteiger partial charge in [-0.2, -0.15) is 0 Å². The quantitative estimate of drug-likeness (QED) is 0.849. The Hall–Kier alpha value is -0.780. The summed E-state index contributed by atoms with van der Waals surface area (Å²) in [6, 6.07) is 3.80. The van der Waals surface area contributed by atoms with Gasteiger partial charge in [-0.25, -0.2) is 0 Å². The topological polar surface area (TPSA) is 42.4 Å². The first-order chi connectivity index (χ1) is 9.00. The normalized spacial score (nSPS) is 17.4.